The highest BCUT2D eigenvalue weighted by Gasteiger charge is 2.23. The largest absolute Gasteiger partial charge is 0.480 e. The molecular weight excluding hydrogens is 320 g/mol. The minimum atomic E-state index is -1.16. The van der Waals surface area contributed by atoms with Crippen molar-refractivity contribution in [3.8, 4) is 0 Å². The van der Waals surface area contributed by atoms with E-state index >= 15 is 0 Å². The summed E-state index contributed by atoms with van der Waals surface area (Å²) in [5, 5.41) is 21.9. The number of carbonyl (C=O) groups is 2. The number of nitro groups is 1. The number of hydrogen-bond donors (Lipinski definition) is 2. The van der Waals surface area contributed by atoms with Gasteiger partial charge in [-0.15, -0.1) is 0 Å². The van der Waals surface area contributed by atoms with Crippen LogP contribution in [0.4, 0.5) is 5.69 Å². The minimum Gasteiger partial charge on any atom is -0.480 e. The highest BCUT2D eigenvalue weighted by atomic mass is 79.9. The van der Waals surface area contributed by atoms with Gasteiger partial charge < -0.3 is 10.4 Å². The Morgan fingerprint density at radius 3 is 2.63 bits per heavy atom. The third-order valence-electron chi connectivity index (χ3n) is 2.43. The maximum Gasteiger partial charge on any atom is 0.326 e. The third kappa shape index (κ3) is 3.50. The molecule has 0 aromatic heterocycles. The van der Waals surface area contributed by atoms with Crippen LogP contribution in [0.1, 0.15) is 23.7 Å². The molecule has 0 bridgehead atoms. The van der Waals surface area contributed by atoms with E-state index in [9.17, 15) is 19.7 Å². The van der Waals surface area contributed by atoms with Gasteiger partial charge in [-0.1, -0.05) is 13.0 Å². The molecule has 0 aliphatic carbocycles. The van der Waals surface area contributed by atoms with Crippen molar-refractivity contribution in [2.45, 2.75) is 19.4 Å². The number of hydrogen-bond acceptors (Lipinski definition) is 4. The summed E-state index contributed by atoms with van der Waals surface area (Å²) in [6.45, 7) is 1.61. The average Bonchev–Trinajstić information content (AvgIpc) is 2.35. The molecule has 102 valence electrons. The first-order chi connectivity index (χ1) is 8.88. The molecule has 0 saturated carbocycles. The van der Waals surface area contributed by atoms with Crippen molar-refractivity contribution in [1.82, 2.24) is 5.32 Å². The Balaban J connectivity index is 3.04. The Labute approximate surface area is 116 Å². The summed E-state index contributed by atoms with van der Waals surface area (Å²) >= 11 is 2.98. The number of amides is 1. The first kappa shape index (κ1) is 15.1. The molecule has 8 heteroatoms. The molecule has 0 aliphatic heterocycles. The number of nitro benzene ring substituents is 1. The SMILES string of the molecule is CCC(NC(=O)c1cccc([N+](=O)[O-])c1Br)C(=O)O. The van der Waals surface area contributed by atoms with Crippen LogP contribution >= 0.6 is 15.9 Å². The van der Waals surface area contributed by atoms with Crippen molar-refractivity contribution >= 4 is 33.5 Å². The molecule has 1 unspecified atom stereocenters. The summed E-state index contributed by atoms with van der Waals surface area (Å²) in [5.41, 5.74) is -0.232. The highest BCUT2D eigenvalue weighted by Crippen LogP contribution is 2.28. The fourth-order valence-corrected chi connectivity index (χ4v) is 2.00. The number of carbonyl (C=O) groups excluding carboxylic acids is 1. The van der Waals surface area contributed by atoms with E-state index in [1.807, 2.05) is 0 Å². The Morgan fingerprint density at radius 2 is 2.16 bits per heavy atom. The van der Waals surface area contributed by atoms with E-state index in [2.05, 4.69) is 21.2 Å². The maximum atomic E-state index is 11.9. The van der Waals surface area contributed by atoms with E-state index in [0.717, 1.165) is 0 Å². The Bertz CT molecular complexity index is 532. The minimum absolute atomic E-state index is 0.0221. The van der Waals surface area contributed by atoms with Gasteiger partial charge in [0.2, 0.25) is 0 Å². The van der Waals surface area contributed by atoms with E-state index < -0.39 is 22.8 Å². The molecular formula is C11H11BrN2O5. The van der Waals surface area contributed by atoms with Crippen LogP contribution in [-0.4, -0.2) is 27.9 Å². The van der Waals surface area contributed by atoms with Crippen molar-refractivity contribution in [2.24, 2.45) is 0 Å². The third-order valence-corrected chi connectivity index (χ3v) is 3.26. The van der Waals surface area contributed by atoms with Crippen LogP contribution < -0.4 is 5.32 Å². The summed E-state index contributed by atoms with van der Waals surface area (Å²) in [6, 6.07) is 2.95. The lowest BCUT2D eigenvalue weighted by Crippen LogP contribution is -2.40. The predicted molar refractivity (Wildman–Crippen MR) is 70.0 cm³/mol. The van der Waals surface area contributed by atoms with Gasteiger partial charge in [0.25, 0.3) is 11.6 Å². The van der Waals surface area contributed by atoms with Gasteiger partial charge in [-0.2, -0.15) is 0 Å². The zero-order valence-corrected chi connectivity index (χ0v) is 11.5. The number of benzene rings is 1. The predicted octanol–water partition coefficient (Wildman–Crippen LogP) is 1.95. The van der Waals surface area contributed by atoms with Gasteiger partial charge >= 0.3 is 5.97 Å². The lowest BCUT2D eigenvalue weighted by atomic mass is 10.1. The molecule has 2 N–H and O–H groups in total. The number of rotatable bonds is 5. The second kappa shape index (κ2) is 6.28. The first-order valence-corrected chi connectivity index (χ1v) is 6.14. The van der Waals surface area contributed by atoms with Gasteiger partial charge in [-0.05, 0) is 28.4 Å². The number of carboxylic acids is 1. The summed E-state index contributed by atoms with van der Waals surface area (Å²) in [5.74, 6) is -1.83. The van der Waals surface area contributed by atoms with Crippen molar-refractivity contribution in [2.75, 3.05) is 0 Å². The Kier molecular flexibility index (Phi) is 4.99. The van der Waals surface area contributed by atoms with Crippen molar-refractivity contribution in [3.05, 3.63) is 38.3 Å². The molecule has 7 nitrogen and oxygen atoms in total. The maximum absolute atomic E-state index is 11.9. The quantitative estimate of drug-likeness (QED) is 0.633. The monoisotopic (exact) mass is 330 g/mol. The van der Waals surface area contributed by atoms with Gasteiger partial charge in [-0.25, -0.2) is 4.79 Å². The van der Waals surface area contributed by atoms with Gasteiger partial charge in [0, 0.05) is 6.07 Å². The van der Waals surface area contributed by atoms with Crippen LogP contribution in [0.5, 0.6) is 0 Å². The molecule has 0 fully saturated rings. The van der Waals surface area contributed by atoms with E-state index in [4.69, 9.17) is 5.11 Å². The lowest BCUT2D eigenvalue weighted by molar-refractivity contribution is -0.385. The van der Waals surface area contributed by atoms with E-state index in [-0.39, 0.29) is 22.1 Å². The smallest absolute Gasteiger partial charge is 0.326 e. The zero-order valence-electron chi connectivity index (χ0n) is 9.92. The van der Waals surface area contributed by atoms with Crippen LogP contribution in [0.15, 0.2) is 22.7 Å². The molecule has 1 aromatic carbocycles. The normalized spacial score (nSPS) is 11.7. The van der Waals surface area contributed by atoms with Crippen LogP contribution in [0.25, 0.3) is 0 Å². The second-order valence-electron chi connectivity index (χ2n) is 3.67. The van der Waals surface area contributed by atoms with E-state index in [1.54, 1.807) is 6.92 Å². The van der Waals surface area contributed by atoms with Gasteiger partial charge in [0.05, 0.1) is 10.5 Å². The van der Waals surface area contributed by atoms with Crippen molar-refractivity contribution in [3.63, 3.8) is 0 Å². The van der Waals surface area contributed by atoms with Crippen LogP contribution in [0.3, 0.4) is 0 Å². The number of nitrogens with one attached hydrogen (secondary N) is 1. The molecule has 0 saturated heterocycles. The lowest BCUT2D eigenvalue weighted by Gasteiger charge is -2.12. The number of carboxylic acid groups (broad SMARTS) is 1. The van der Waals surface area contributed by atoms with Crippen molar-refractivity contribution in [1.29, 1.82) is 0 Å². The number of nitrogens with zero attached hydrogens (tertiary/aromatic N) is 1. The zero-order chi connectivity index (χ0) is 14.6. The first-order valence-electron chi connectivity index (χ1n) is 5.35. The van der Waals surface area contributed by atoms with Gasteiger partial charge in [0.1, 0.15) is 10.5 Å². The topological polar surface area (TPSA) is 110 Å². The molecule has 1 atom stereocenters. The summed E-state index contributed by atoms with van der Waals surface area (Å²) in [4.78, 5) is 32.8. The Hall–Kier alpha value is -1.96. The van der Waals surface area contributed by atoms with Crippen LogP contribution in [0.2, 0.25) is 0 Å². The van der Waals surface area contributed by atoms with Gasteiger partial charge in [0.15, 0.2) is 0 Å². The molecule has 1 rings (SSSR count). The molecule has 0 radical (unpaired) electrons. The molecule has 1 amide bonds. The van der Waals surface area contributed by atoms with Gasteiger partial charge in [-0.3, -0.25) is 14.9 Å². The number of aliphatic carboxylic acids is 1. The summed E-state index contributed by atoms with van der Waals surface area (Å²) in [6.07, 6.45) is 0.216. The van der Waals surface area contributed by atoms with Crippen LogP contribution in [0, 0.1) is 10.1 Å². The molecule has 1 aromatic rings. The molecule has 0 aliphatic rings. The average molecular weight is 331 g/mol. The van der Waals surface area contributed by atoms with E-state index in [1.165, 1.54) is 18.2 Å². The summed E-state index contributed by atoms with van der Waals surface area (Å²) < 4.78 is 0.0257. The molecule has 0 spiro atoms. The standard InChI is InChI=1S/C11H11BrN2O5/c1-2-7(11(16)17)13-10(15)6-4-3-5-8(9(6)12)14(18)19/h3-5,7H,2H2,1H3,(H,13,15)(H,16,17). The molecule has 0 heterocycles. The molecule has 19 heavy (non-hydrogen) atoms. The van der Waals surface area contributed by atoms with Crippen molar-refractivity contribution < 1.29 is 19.6 Å². The summed E-state index contributed by atoms with van der Waals surface area (Å²) in [7, 11) is 0. The Morgan fingerprint density at radius 1 is 1.53 bits per heavy atom. The fourth-order valence-electron chi connectivity index (χ4n) is 1.41. The van der Waals surface area contributed by atoms with Crippen LogP contribution in [-0.2, 0) is 4.79 Å². The fraction of sp³-hybridized carbons (Fsp3) is 0.273. The second-order valence-corrected chi connectivity index (χ2v) is 4.46. The van der Waals surface area contributed by atoms with E-state index in [0.29, 0.717) is 0 Å². The number of halogens is 1. The highest BCUT2D eigenvalue weighted by molar-refractivity contribution is 9.10.